The molecule has 0 unspecified atom stereocenters. The molecule has 0 bridgehead atoms. The molecular formula is C19H22N4O4. The molecule has 0 aliphatic carbocycles. The molecule has 0 spiro atoms. The molecule has 0 fully saturated rings. The highest BCUT2D eigenvalue weighted by atomic mass is 16.3. The van der Waals surface area contributed by atoms with Crippen LogP contribution in [0.25, 0.3) is 0 Å². The molecular weight excluding hydrogens is 348 g/mol. The highest BCUT2D eigenvalue weighted by molar-refractivity contribution is 5.99. The predicted octanol–water partition coefficient (Wildman–Crippen LogP) is 1.93. The summed E-state index contributed by atoms with van der Waals surface area (Å²) in [4.78, 5) is 41.2. The zero-order valence-electron chi connectivity index (χ0n) is 14.8. The van der Waals surface area contributed by atoms with Gasteiger partial charge in [0.15, 0.2) is 5.75 Å². The topological polar surface area (TPSA) is 112 Å². The van der Waals surface area contributed by atoms with Crippen LogP contribution in [0.2, 0.25) is 0 Å². The summed E-state index contributed by atoms with van der Waals surface area (Å²) in [5.41, 5.74) is 0.0315. The minimum absolute atomic E-state index is 0. The van der Waals surface area contributed by atoms with Gasteiger partial charge in [0.1, 0.15) is 11.4 Å². The lowest BCUT2D eigenvalue weighted by atomic mass is 10.1. The third kappa shape index (κ3) is 3.50. The van der Waals surface area contributed by atoms with Crippen LogP contribution in [-0.4, -0.2) is 35.0 Å². The summed E-state index contributed by atoms with van der Waals surface area (Å²) in [5, 5.41) is 16.1. The SMILES string of the molecule is CN(C)C(=O)c1cccc(Nc2c(NCc3ccncc3)c(=O)c2=O)c1O.[HH].[HH]. The highest BCUT2D eigenvalue weighted by Gasteiger charge is 2.23. The zero-order chi connectivity index (χ0) is 19.6. The number of aromatic hydroxyl groups is 1. The third-order valence-electron chi connectivity index (χ3n) is 4.06. The first kappa shape index (κ1) is 18.1. The quantitative estimate of drug-likeness (QED) is 0.449. The number of nitrogens with zero attached hydrogens (tertiary/aromatic N) is 2. The van der Waals surface area contributed by atoms with Crippen LogP contribution in [0, 0.1) is 0 Å². The Morgan fingerprint density at radius 2 is 1.78 bits per heavy atom. The van der Waals surface area contributed by atoms with Crippen LogP contribution in [0.5, 0.6) is 5.75 Å². The first-order valence-electron chi connectivity index (χ1n) is 8.17. The minimum atomic E-state index is -0.684. The van der Waals surface area contributed by atoms with Crippen LogP contribution >= 0.6 is 0 Å². The molecule has 2 aromatic carbocycles. The smallest absolute Gasteiger partial charge is 0.257 e. The number of hydrogen-bond donors (Lipinski definition) is 3. The number of pyridine rings is 1. The van der Waals surface area contributed by atoms with Gasteiger partial charge in [0.05, 0.1) is 11.3 Å². The van der Waals surface area contributed by atoms with Crippen molar-refractivity contribution in [3.63, 3.8) is 0 Å². The fourth-order valence-electron chi connectivity index (χ4n) is 2.56. The molecule has 142 valence electrons. The number of benzene rings is 1. The summed E-state index contributed by atoms with van der Waals surface area (Å²) < 4.78 is 0. The van der Waals surface area contributed by atoms with Crippen molar-refractivity contribution in [1.29, 1.82) is 0 Å². The molecule has 3 N–H and O–H groups in total. The number of para-hydroxylation sites is 1. The molecule has 1 amide bonds. The molecule has 3 aromatic rings. The van der Waals surface area contributed by atoms with Crippen molar-refractivity contribution in [2.24, 2.45) is 0 Å². The van der Waals surface area contributed by atoms with Gasteiger partial charge in [-0.3, -0.25) is 19.4 Å². The molecule has 0 aliphatic heterocycles. The van der Waals surface area contributed by atoms with Crippen molar-refractivity contribution in [2.45, 2.75) is 6.54 Å². The van der Waals surface area contributed by atoms with Crippen molar-refractivity contribution in [3.05, 3.63) is 74.3 Å². The highest BCUT2D eigenvalue weighted by Crippen LogP contribution is 2.32. The lowest BCUT2D eigenvalue weighted by Crippen LogP contribution is -2.36. The minimum Gasteiger partial charge on any atom is -0.505 e. The predicted molar refractivity (Wildman–Crippen MR) is 107 cm³/mol. The number of rotatable bonds is 6. The Morgan fingerprint density at radius 1 is 1.11 bits per heavy atom. The van der Waals surface area contributed by atoms with Gasteiger partial charge < -0.3 is 20.6 Å². The summed E-state index contributed by atoms with van der Waals surface area (Å²) in [6, 6.07) is 8.15. The Bertz CT molecular complexity index is 1060. The molecule has 0 saturated heterocycles. The fraction of sp³-hybridized carbons (Fsp3) is 0.158. The molecule has 8 nitrogen and oxygen atoms in total. The Morgan fingerprint density at radius 3 is 2.44 bits per heavy atom. The Balaban J connectivity index is 0.00000210. The van der Waals surface area contributed by atoms with Crippen LogP contribution in [0.3, 0.4) is 0 Å². The second kappa shape index (κ2) is 7.28. The number of hydrogen-bond acceptors (Lipinski definition) is 7. The number of carbonyl (C=O) groups is 1. The lowest BCUT2D eigenvalue weighted by Gasteiger charge is -2.17. The maximum absolute atomic E-state index is 12.1. The van der Waals surface area contributed by atoms with E-state index in [0.29, 0.717) is 6.54 Å². The van der Waals surface area contributed by atoms with Crippen molar-refractivity contribution in [3.8, 4) is 5.75 Å². The number of anilines is 3. The van der Waals surface area contributed by atoms with E-state index in [2.05, 4.69) is 15.6 Å². The van der Waals surface area contributed by atoms with E-state index in [0.717, 1.165) is 5.56 Å². The summed E-state index contributed by atoms with van der Waals surface area (Å²) >= 11 is 0. The summed E-state index contributed by atoms with van der Waals surface area (Å²) in [6.45, 7) is 0.340. The van der Waals surface area contributed by atoms with Gasteiger partial charge in [-0.15, -0.1) is 0 Å². The fourth-order valence-corrected chi connectivity index (χ4v) is 2.56. The van der Waals surface area contributed by atoms with Gasteiger partial charge in [-0.1, -0.05) is 6.07 Å². The Kier molecular flexibility index (Phi) is 4.89. The second-order valence-corrected chi connectivity index (χ2v) is 6.14. The molecule has 1 aromatic heterocycles. The Labute approximate surface area is 157 Å². The van der Waals surface area contributed by atoms with Gasteiger partial charge in [-0.25, -0.2) is 0 Å². The van der Waals surface area contributed by atoms with E-state index < -0.39 is 10.9 Å². The lowest BCUT2D eigenvalue weighted by molar-refractivity contribution is 0.0824. The Hall–Kier alpha value is -3.68. The first-order valence-corrected chi connectivity index (χ1v) is 8.17. The van der Waals surface area contributed by atoms with E-state index in [4.69, 9.17) is 0 Å². The molecule has 8 heteroatoms. The van der Waals surface area contributed by atoms with E-state index in [-0.39, 0.29) is 37.1 Å². The molecule has 0 atom stereocenters. The zero-order valence-corrected chi connectivity index (χ0v) is 14.8. The van der Waals surface area contributed by atoms with Crippen LogP contribution in [0.15, 0.2) is 52.3 Å². The summed E-state index contributed by atoms with van der Waals surface area (Å²) in [6.07, 6.45) is 3.26. The molecule has 0 aliphatic rings. The van der Waals surface area contributed by atoms with Gasteiger partial charge in [0.2, 0.25) is 0 Å². The van der Waals surface area contributed by atoms with E-state index in [1.54, 1.807) is 44.7 Å². The van der Waals surface area contributed by atoms with Crippen molar-refractivity contribution < 1.29 is 12.8 Å². The van der Waals surface area contributed by atoms with E-state index in [1.165, 1.54) is 17.0 Å². The van der Waals surface area contributed by atoms with Gasteiger partial charge in [-0.05, 0) is 29.8 Å². The maximum Gasteiger partial charge on any atom is 0.257 e. The number of phenols is 1. The average Bonchev–Trinajstić information content (AvgIpc) is 2.68. The number of carbonyl (C=O) groups excluding carboxylic acids is 1. The molecule has 1 heterocycles. The van der Waals surface area contributed by atoms with E-state index in [9.17, 15) is 19.5 Å². The van der Waals surface area contributed by atoms with Crippen molar-refractivity contribution >= 4 is 23.0 Å². The summed E-state index contributed by atoms with van der Waals surface area (Å²) in [5.74, 6) is -0.665. The number of aromatic nitrogens is 1. The third-order valence-corrected chi connectivity index (χ3v) is 4.06. The average molecular weight is 370 g/mol. The number of nitrogens with one attached hydrogen (secondary N) is 2. The van der Waals surface area contributed by atoms with Crippen LogP contribution in [0.1, 0.15) is 18.8 Å². The largest absolute Gasteiger partial charge is 0.505 e. The normalized spacial score (nSPS) is 10.6. The monoisotopic (exact) mass is 370 g/mol. The molecule has 27 heavy (non-hydrogen) atoms. The summed E-state index contributed by atoms with van der Waals surface area (Å²) in [7, 11) is 3.14. The van der Waals surface area contributed by atoms with Gasteiger partial charge in [0, 0.05) is 35.9 Å². The van der Waals surface area contributed by atoms with E-state index in [1.807, 2.05) is 0 Å². The van der Waals surface area contributed by atoms with Crippen LogP contribution in [-0.2, 0) is 6.54 Å². The van der Waals surface area contributed by atoms with Gasteiger partial charge >= 0.3 is 0 Å². The van der Waals surface area contributed by atoms with E-state index >= 15 is 0 Å². The first-order chi connectivity index (χ1) is 12.9. The molecule has 3 rings (SSSR count). The maximum atomic E-state index is 12.1. The van der Waals surface area contributed by atoms with Gasteiger partial charge in [0.25, 0.3) is 16.8 Å². The molecule has 0 radical (unpaired) electrons. The number of phenolic OH excluding ortho intramolecular Hbond substituents is 1. The van der Waals surface area contributed by atoms with Crippen LogP contribution in [0.4, 0.5) is 17.1 Å². The second-order valence-electron chi connectivity index (χ2n) is 6.14. The van der Waals surface area contributed by atoms with Crippen molar-refractivity contribution in [2.75, 3.05) is 24.7 Å². The standard InChI is InChI=1S/C19H18N4O4.2H2/c1-23(2)19(27)12-4-3-5-13(16(12)24)22-15-14(17(25)18(15)26)21-10-11-6-8-20-9-7-11;;/h3-9,21-22,24H,10H2,1-2H3;2*1H. The van der Waals surface area contributed by atoms with Crippen molar-refractivity contribution in [1.82, 2.24) is 9.88 Å². The van der Waals surface area contributed by atoms with Gasteiger partial charge in [-0.2, -0.15) is 0 Å². The van der Waals surface area contributed by atoms with Crippen LogP contribution < -0.4 is 21.5 Å². The number of amides is 1. The molecule has 0 saturated carbocycles.